The lowest BCUT2D eigenvalue weighted by Crippen LogP contribution is -2.24. The molecule has 16 heavy (non-hydrogen) atoms. The second-order valence-electron chi connectivity index (χ2n) is 4.20. The average molecular weight is 215 g/mol. The molecule has 4 heteroatoms. The van der Waals surface area contributed by atoms with Crippen LogP contribution in [0.15, 0.2) is 30.5 Å². The molecule has 82 valence electrons. The molecule has 2 heterocycles. The molecule has 0 aliphatic heterocycles. The summed E-state index contributed by atoms with van der Waals surface area (Å²) in [5.41, 5.74) is 1.96. The van der Waals surface area contributed by atoms with E-state index < -0.39 is 0 Å². The van der Waals surface area contributed by atoms with Gasteiger partial charge < -0.3 is 5.32 Å². The van der Waals surface area contributed by atoms with Crippen molar-refractivity contribution in [3.8, 4) is 0 Å². The molecule has 1 amide bonds. The van der Waals surface area contributed by atoms with E-state index in [9.17, 15) is 4.79 Å². The van der Waals surface area contributed by atoms with Crippen LogP contribution in [0.1, 0.15) is 18.5 Å². The van der Waals surface area contributed by atoms with Gasteiger partial charge in [0.05, 0.1) is 17.8 Å². The molecular formula is C12H13N3O. The Hall–Kier alpha value is -1.84. The molecule has 0 unspecified atom stereocenters. The molecule has 0 bridgehead atoms. The van der Waals surface area contributed by atoms with E-state index in [1.54, 1.807) is 0 Å². The van der Waals surface area contributed by atoms with Crippen LogP contribution in [0.5, 0.6) is 0 Å². The third kappa shape index (κ3) is 1.78. The van der Waals surface area contributed by atoms with Crippen molar-refractivity contribution in [2.24, 2.45) is 5.92 Å². The molecular weight excluding hydrogens is 202 g/mol. The van der Waals surface area contributed by atoms with Gasteiger partial charge in [-0.15, -0.1) is 0 Å². The Balaban J connectivity index is 1.71. The highest BCUT2D eigenvalue weighted by Gasteiger charge is 2.29. The van der Waals surface area contributed by atoms with E-state index in [0.29, 0.717) is 6.54 Å². The van der Waals surface area contributed by atoms with E-state index >= 15 is 0 Å². The highest BCUT2D eigenvalue weighted by Crippen LogP contribution is 2.28. The van der Waals surface area contributed by atoms with Crippen molar-refractivity contribution < 1.29 is 4.79 Å². The van der Waals surface area contributed by atoms with Crippen LogP contribution in [0.4, 0.5) is 0 Å². The van der Waals surface area contributed by atoms with Crippen molar-refractivity contribution in [3.05, 3.63) is 36.2 Å². The fraction of sp³-hybridized carbons (Fsp3) is 0.333. The van der Waals surface area contributed by atoms with Crippen LogP contribution in [0.25, 0.3) is 5.52 Å². The zero-order chi connectivity index (χ0) is 11.0. The van der Waals surface area contributed by atoms with Crippen molar-refractivity contribution in [2.75, 3.05) is 0 Å². The smallest absolute Gasteiger partial charge is 0.223 e. The second-order valence-corrected chi connectivity index (χ2v) is 4.20. The summed E-state index contributed by atoms with van der Waals surface area (Å²) >= 11 is 0. The predicted molar refractivity (Wildman–Crippen MR) is 59.8 cm³/mol. The maximum atomic E-state index is 11.4. The second kappa shape index (κ2) is 3.63. The number of nitrogens with one attached hydrogen (secondary N) is 1. The molecule has 3 rings (SSSR count). The van der Waals surface area contributed by atoms with Crippen LogP contribution >= 0.6 is 0 Å². The number of hydrogen-bond donors (Lipinski definition) is 1. The number of pyridine rings is 1. The third-order valence-corrected chi connectivity index (χ3v) is 2.81. The number of amides is 1. The van der Waals surface area contributed by atoms with Gasteiger partial charge in [-0.25, -0.2) is 4.52 Å². The predicted octanol–water partition coefficient (Wildman–Crippen LogP) is 1.36. The maximum absolute atomic E-state index is 11.4. The number of carbonyl (C=O) groups is 1. The lowest BCUT2D eigenvalue weighted by atomic mass is 10.3. The summed E-state index contributed by atoms with van der Waals surface area (Å²) in [6.45, 7) is 0.525. The molecule has 2 aromatic rings. The summed E-state index contributed by atoms with van der Waals surface area (Å²) in [5, 5.41) is 7.27. The maximum Gasteiger partial charge on any atom is 0.223 e. The van der Waals surface area contributed by atoms with Crippen molar-refractivity contribution in [1.82, 2.24) is 14.9 Å². The Labute approximate surface area is 93.3 Å². The highest BCUT2D eigenvalue weighted by atomic mass is 16.2. The van der Waals surface area contributed by atoms with Crippen molar-refractivity contribution in [3.63, 3.8) is 0 Å². The molecule has 1 fully saturated rings. The van der Waals surface area contributed by atoms with Crippen LogP contribution in [0, 0.1) is 5.92 Å². The van der Waals surface area contributed by atoms with Gasteiger partial charge in [0.1, 0.15) is 0 Å². The monoisotopic (exact) mass is 215 g/mol. The lowest BCUT2D eigenvalue weighted by molar-refractivity contribution is -0.122. The number of rotatable bonds is 3. The molecule has 1 saturated carbocycles. The summed E-state index contributed by atoms with van der Waals surface area (Å²) in [4.78, 5) is 11.4. The molecule has 4 nitrogen and oxygen atoms in total. The summed E-state index contributed by atoms with van der Waals surface area (Å²) < 4.78 is 1.82. The van der Waals surface area contributed by atoms with Crippen LogP contribution in [0.3, 0.4) is 0 Å². The number of hydrogen-bond acceptors (Lipinski definition) is 2. The van der Waals surface area contributed by atoms with E-state index in [0.717, 1.165) is 24.1 Å². The molecule has 0 atom stereocenters. The number of fused-ring (bicyclic) bond motifs is 1. The van der Waals surface area contributed by atoms with E-state index in [4.69, 9.17) is 0 Å². The Morgan fingerprint density at radius 1 is 1.50 bits per heavy atom. The van der Waals surface area contributed by atoms with Gasteiger partial charge in [-0.2, -0.15) is 5.10 Å². The Bertz CT molecular complexity index is 495. The highest BCUT2D eigenvalue weighted by molar-refractivity contribution is 5.80. The minimum atomic E-state index is 0.164. The number of aromatic nitrogens is 2. The molecule has 0 radical (unpaired) electrons. The third-order valence-electron chi connectivity index (χ3n) is 2.81. The van der Waals surface area contributed by atoms with Crippen molar-refractivity contribution in [1.29, 1.82) is 0 Å². The van der Waals surface area contributed by atoms with E-state index in [1.165, 1.54) is 0 Å². The van der Waals surface area contributed by atoms with Gasteiger partial charge in [-0.1, -0.05) is 6.07 Å². The minimum Gasteiger partial charge on any atom is -0.350 e. The van der Waals surface area contributed by atoms with Crippen molar-refractivity contribution in [2.45, 2.75) is 19.4 Å². The normalized spacial score (nSPS) is 15.2. The first-order valence-electron chi connectivity index (χ1n) is 5.54. The SMILES string of the molecule is O=C(NCc1cc2ccccn2n1)C1CC1. The average Bonchev–Trinajstić information content (AvgIpc) is 3.06. The topological polar surface area (TPSA) is 46.4 Å². The molecule has 0 saturated heterocycles. The van der Waals surface area contributed by atoms with Gasteiger partial charge in [-0.3, -0.25) is 4.79 Å². The zero-order valence-electron chi connectivity index (χ0n) is 8.89. The first-order valence-corrected chi connectivity index (χ1v) is 5.54. The van der Waals surface area contributed by atoms with Gasteiger partial charge in [-0.05, 0) is 31.0 Å². The van der Waals surface area contributed by atoms with Gasteiger partial charge in [0.15, 0.2) is 0 Å². The fourth-order valence-corrected chi connectivity index (χ4v) is 1.74. The van der Waals surface area contributed by atoms with Crippen LogP contribution < -0.4 is 5.32 Å². The lowest BCUT2D eigenvalue weighted by Gasteiger charge is -1.99. The zero-order valence-corrected chi connectivity index (χ0v) is 8.89. The van der Waals surface area contributed by atoms with Gasteiger partial charge in [0, 0.05) is 12.1 Å². The molecule has 2 aromatic heterocycles. The standard InChI is InChI=1S/C12H13N3O/c16-12(9-4-5-9)13-8-10-7-11-3-1-2-6-15(11)14-10/h1-3,6-7,9H,4-5,8H2,(H,13,16). The Morgan fingerprint density at radius 2 is 2.38 bits per heavy atom. The van der Waals surface area contributed by atoms with E-state index in [-0.39, 0.29) is 11.8 Å². The first-order chi connectivity index (χ1) is 7.83. The summed E-state index contributed by atoms with van der Waals surface area (Å²) in [6, 6.07) is 7.91. The largest absolute Gasteiger partial charge is 0.350 e. The Morgan fingerprint density at radius 3 is 3.12 bits per heavy atom. The van der Waals surface area contributed by atoms with Gasteiger partial charge in [0.2, 0.25) is 5.91 Å². The van der Waals surface area contributed by atoms with Crippen molar-refractivity contribution >= 4 is 11.4 Å². The van der Waals surface area contributed by atoms with E-state index in [1.807, 2.05) is 35.0 Å². The first kappa shape index (κ1) is 9.39. The van der Waals surface area contributed by atoms with Gasteiger partial charge in [0.25, 0.3) is 0 Å². The van der Waals surface area contributed by atoms with Crippen LogP contribution in [-0.2, 0) is 11.3 Å². The van der Waals surface area contributed by atoms with E-state index in [2.05, 4.69) is 10.4 Å². The minimum absolute atomic E-state index is 0.164. The van der Waals surface area contributed by atoms with Gasteiger partial charge >= 0.3 is 0 Å². The molecule has 1 aliphatic rings. The molecule has 0 aromatic carbocycles. The molecule has 1 aliphatic carbocycles. The Kier molecular flexibility index (Phi) is 2.13. The fourth-order valence-electron chi connectivity index (χ4n) is 1.74. The molecule has 1 N–H and O–H groups in total. The molecule has 0 spiro atoms. The summed E-state index contributed by atoms with van der Waals surface area (Å²) in [6.07, 6.45) is 3.98. The van der Waals surface area contributed by atoms with Crippen LogP contribution in [-0.4, -0.2) is 15.5 Å². The number of carbonyl (C=O) groups excluding carboxylic acids is 1. The quantitative estimate of drug-likeness (QED) is 0.840. The summed E-state index contributed by atoms with van der Waals surface area (Å²) in [5.74, 6) is 0.425. The number of nitrogens with zero attached hydrogens (tertiary/aromatic N) is 2. The summed E-state index contributed by atoms with van der Waals surface area (Å²) in [7, 11) is 0. The van der Waals surface area contributed by atoms with Crippen LogP contribution in [0.2, 0.25) is 0 Å².